The lowest BCUT2D eigenvalue weighted by Crippen LogP contribution is -2.18. The number of thiocarbonyl (C=S) groups is 1. The van der Waals surface area contributed by atoms with Gasteiger partial charge < -0.3 is 10.6 Å². The summed E-state index contributed by atoms with van der Waals surface area (Å²) in [5.74, 6) is -0.343. The van der Waals surface area contributed by atoms with Crippen LogP contribution in [0, 0.1) is 5.82 Å². The van der Waals surface area contributed by atoms with E-state index >= 15 is 0 Å². The Morgan fingerprint density at radius 1 is 1.47 bits per heavy atom. The number of halogens is 2. The Morgan fingerprint density at radius 3 is 2.79 bits per heavy atom. The van der Waals surface area contributed by atoms with Crippen LogP contribution < -0.4 is 10.6 Å². The van der Waals surface area contributed by atoms with Gasteiger partial charge in [0.05, 0.1) is 16.7 Å². The van der Waals surface area contributed by atoms with Gasteiger partial charge in [0.2, 0.25) is 0 Å². The van der Waals surface area contributed by atoms with Crippen molar-refractivity contribution in [3.05, 3.63) is 50.4 Å². The highest BCUT2D eigenvalue weighted by Crippen LogP contribution is 2.30. The summed E-state index contributed by atoms with van der Waals surface area (Å²) in [7, 11) is 1.85. The molecule has 1 heterocycles. The molecule has 2 aromatic rings. The maximum atomic E-state index is 14.3. The molecule has 0 amide bonds. The largest absolute Gasteiger partial charge is 0.389 e. The van der Waals surface area contributed by atoms with Gasteiger partial charge in [0.1, 0.15) is 4.99 Å². The van der Waals surface area contributed by atoms with E-state index in [4.69, 9.17) is 18.0 Å². The third-order valence-electron chi connectivity index (χ3n) is 2.71. The van der Waals surface area contributed by atoms with Gasteiger partial charge in [0.25, 0.3) is 0 Å². The second-order valence-electron chi connectivity index (χ2n) is 4.06. The standard InChI is InChI=1S/C13H12BrFN2S2/c1-17(7-8-3-2-6-19-8)10-5-4-9(13(16)18)11(14)12(10)15/h2-6H,7H2,1H3,(H2,16,18). The zero-order chi connectivity index (χ0) is 14.0. The molecule has 0 radical (unpaired) electrons. The molecule has 2 rings (SSSR count). The molecule has 0 atom stereocenters. The van der Waals surface area contributed by atoms with Gasteiger partial charge in [-0.25, -0.2) is 4.39 Å². The van der Waals surface area contributed by atoms with Gasteiger partial charge in [-0.2, -0.15) is 0 Å². The molecule has 0 saturated carbocycles. The Hall–Kier alpha value is -0.980. The van der Waals surface area contributed by atoms with E-state index in [1.54, 1.807) is 23.5 Å². The van der Waals surface area contributed by atoms with E-state index in [1.165, 1.54) is 4.88 Å². The van der Waals surface area contributed by atoms with Crippen LogP contribution >= 0.6 is 39.5 Å². The van der Waals surface area contributed by atoms with Crippen LogP contribution in [0.15, 0.2) is 34.1 Å². The van der Waals surface area contributed by atoms with Crippen LogP contribution in [0.25, 0.3) is 0 Å². The summed E-state index contributed by atoms with van der Waals surface area (Å²) >= 11 is 9.74. The van der Waals surface area contributed by atoms with Crippen molar-refractivity contribution in [2.75, 3.05) is 11.9 Å². The molecule has 0 aliphatic heterocycles. The van der Waals surface area contributed by atoms with E-state index in [0.29, 0.717) is 22.3 Å². The van der Waals surface area contributed by atoms with Crippen molar-refractivity contribution in [3.63, 3.8) is 0 Å². The summed E-state index contributed by atoms with van der Waals surface area (Å²) in [4.78, 5) is 3.21. The molecule has 0 bridgehead atoms. The molecule has 0 saturated heterocycles. The molecule has 0 fully saturated rings. The minimum Gasteiger partial charge on any atom is -0.389 e. The normalized spacial score (nSPS) is 10.5. The molecule has 1 aromatic carbocycles. The van der Waals surface area contributed by atoms with Crippen molar-refractivity contribution >= 4 is 50.2 Å². The molecule has 19 heavy (non-hydrogen) atoms. The molecular weight excluding hydrogens is 347 g/mol. The monoisotopic (exact) mass is 358 g/mol. The van der Waals surface area contributed by atoms with Crippen LogP contribution in [0.1, 0.15) is 10.4 Å². The predicted octanol–water partition coefficient (Wildman–Crippen LogP) is 3.92. The zero-order valence-corrected chi connectivity index (χ0v) is 13.4. The maximum Gasteiger partial charge on any atom is 0.161 e. The number of anilines is 1. The number of benzene rings is 1. The molecule has 2 N–H and O–H groups in total. The van der Waals surface area contributed by atoms with Gasteiger partial charge in [-0.3, -0.25) is 0 Å². The topological polar surface area (TPSA) is 29.3 Å². The van der Waals surface area contributed by atoms with Crippen molar-refractivity contribution < 1.29 is 4.39 Å². The number of hydrogen-bond acceptors (Lipinski definition) is 3. The summed E-state index contributed by atoms with van der Waals surface area (Å²) in [5, 5.41) is 2.01. The average molecular weight is 359 g/mol. The molecule has 2 nitrogen and oxygen atoms in total. The van der Waals surface area contributed by atoms with Gasteiger partial charge in [-0.15, -0.1) is 11.3 Å². The third kappa shape index (κ3) is 3.13. The highest BCUT2D eigenvalue weighted by atomic mass is 79.9. The minimum atomic E-state index is -0.343. The highest BCUT2D eigenvalue weighted by Gasteiger charge is 2.15. The van der Waals surface area contributed by atoms with E-state index in [1.807, 2.05) is 29.5 Å². The fraction of sp³-hybridized carbons (Fsp3) is 0.154. The van der Waals surface area contributed by atoms with Gasteiger partial charge in [0.15, 0.2) is 5.82 Å². The lowest BCUT2D eigenvalue weighted by Gasteiger charge is -2.20. The van der Waals surface area contributed by atoms with Crippen molar-refractivity contribution in [1.82, 2.24) is 0 Å². The summed E-state index contributed by atoms with van der Waals surface area (Å²) < 4.78 is 14.6. The van der Waals surface area contributed by atoms with Gasteiger partial charge >= 0.3 is 0 Å². The molecule has 100 valence electrons. The van der Waals surface area contributed by atoms with Crippen molar-refractivity contribution in [3.8, 4) is 0 Å². The SMILES string of the molecule is CN(Cc1cccs1)c1ccc(C(N)=S)c(Br)c1F. The summed E-state index contributed by atoms with van der Waals surface area (Å²) in [6, 6.07) is 7.44. The molecule has 0 aliphatic rings. The first-order valence-electron chi connectivity index (χ1n) is 5.52. The zero-order valence-electron chi connectivity index (χ0n) is 10.2. The lowest BCUT2D eigenvalue weighted by molar-refractivity contribution is 0.615. The van der Waals surface area contributed by atoms with Gasteiger partial charge in [-0.1, -0.05) is 18.3 Å². The second kappa shape index (κ2) is 5.98. The molecular formula is C13H12BrFN2S2. The van der Waals surface area contributed by atoms with Crippen molar-refractivity contribution in [2.45, 2.75) is 6.54 Å². The molecule has 1 aromatic heterocycles. The molecule has 0 unspecified atom stereocenters. The number of rotatable bonds is 4. The number of nitrogens with two attached hydrogens (primary N) is 1. The van der Waals surface area contributed by atoms with E-state index < -0.39 is 0 Å². The lowest BCUT2D eigenvalue weighted by atomic mass is 10.2. The predicted molar refractivity (Wildman–Crippen MR) is 86.4 cm³/mol. The number of thiophene rings is 1. The quantitative estimate of drug-likeness (QED) is 0.839. The smallest absolute Gasteiger partial charge is 0.161 e. The van der Waals surface area contributed by atoms with Crippen LogP contribution in [0.3, 0.4) is 0 Å². The van der Waals surface area contributed by atoms with Crippen LogP contribution in [0.2, 0.25) is 0 Å². The number of hydrogen-bond donors (Lipinski definition) is 1. The summed E-state index contributed by atoms with van der Waals surface area (Å²) in [6.45, 7) is 0.660. The van der Waals surface area contributed by atoms with Crippen LogP contribution in [-0.2, 0) is 6.54 Å². The Kier molecular flexibility index (Phi) is 4.54. The Bertz CT molecular complexity index is 599. The fourth-order valence-corrected chi connectivity index (χ4v) is 3.35. The first-order chi connectivity index (χ1) is 9.00. The van der Waals surface area contributed by atoms with E-state index in [-0.39, 0.29) is 10.8 Å². The van der Waals surface area contributed by atoms with Gasteiger partial charge in [-0.05, 0) is 39.5 Å². The van der Waals surface area contributed by atoms with E-state index in [2.05, 4.69) is 15.9 Å². The van der Waals surface area contributed by atoms with E-state index in [9.17, 15) is 4.39 Å². The second-order valence-corrected chi connectivity index (χ2v) is 6.32. The molecule has 0 aliphatic carbocycles. The minimum absolute atomic E-state index is 0.179. The number of nitrogens with zero attached hydrogens (tertiary/aromatic N) is 1. The van der Waals surface area contributed by atoms with E-state index in [0.717, 1.165) is 0 Å². The van der Waals surface area contributed by atoms with Crippen molar-refractivity contribution in [2.24, 2.45) is 5.73 Å². The first kappa shape index (κ1) is 14.4. The van der Waals surface area contributed by atoms with Crippen LogP contribution in [-0.4, -0.2) is 12.0 Å². The van der Waals surface area contributed by atoms with Crippen LogP contribution in [0.4, 0.5) is 10.1 Å². The Labute approximate surface area is 129 Å². The van der Waals surface area contributed by atoms with Crippen LogP contribution in [0.5, 0.6) is 0 Å². The Morgan fingerprint density at radius 2 is 2.21 bits per heavy atom. The highest BCUT2D eigenvalue weighted by molar-refractivity contribution is 9.10. The average Bonchev–Trinajstić information content (AvgIpc) is 2.84. The maximum absolute atomic E-state index is 14.3. The van der Waals surface area contributed by atoms with Crippen molar-refractivity contribution in [1.29, 1.82) is 0 Å². The third-order valence-corrected chi connectivity index (χ3v) is 4.57. The molecule has 6 heteroatoms. The molecule has 0 spiro atoms. The summed E-state index contributed by atoms with van der Waals surface area (Å²) in [6.07, 6.45) is 0. The fourth-order valence-electron chi connectivity index (χ4n) is 1.75. The summed E-state index contributed by atoms with van der Waals surface area (Å²) in [5.41, 5.74) is 6.57. The first-order valence-corrected chi connectivity index (χ1v) is 7.60. The van der Waals surface area contributed by atoms with Gasteiger partial charge in [0, 0.05) is 17.5 Å². The Balaban J connectivity index is 2.30.